The van der Waals surface area contributed by atoms with Crippen LogP contribution in [0.1, 0.15) is 31.2 Å². The van der Waals surface area contributed by atoms with E-state index in [1.165, 1.54) is 12.8 Å². The Balaban J connectivity index is 1.37. The van der Waals surface area contributed by atoms with Crippen molar-refractivity contribution in [1.82, 2.24) is 5.32 Å². The molecule has 0 heterocycles. The number of rotatable bonds is 6. The minimum absolute atomic E-state index is 0.120. The van der Waals surface area contributed by atoms with Crippen LogP contribution in [0, 0.1) is 24.7 Å². The van der Waals surface area contributed by atoms with Gasteiger partial charge in [0.05, 0.1) is 0 Å². The molecule has 23 heavy (non-hydrogen) atoms. The maximum atomic E-state index is 11.9. The van der Waals surface area contributed by atoms with E-state index in [0.717, 1.165) is 23.6 Å². The first kappa shape index (κ1) is 15.8. The molecular formula is C19H24N2O2. The first-order valence-corrected chi connectivity index (χ1v) is 8.42. The molecule has 2 bridgehead atoms. The zero-order chi connectivity index (χ0) is 16.2. The molecule has 2 amide bonds. The number of hydrogen-bond donors (Lipinski definition) is 2. The van der Waals surface area contributed by atoms with Crippen molar-refractivity contribution < 1.29 is 9.59 Å². The number of hydrogen-bond acceptors (Lipinski definition) is 2. The summed E-state index contributed by atoms with van der Waals surface area (Å²) in [6, 6.07) is 7.56. The fourth-order valence-electron chi connectivity index (χ4n) is 3.74. The standard InChI is InChI=1S/C19H24N2O2/c1-13-4-2-3-5-17(13)21-19(23)12-18(22)20-9-8-16-11-14-6-7-15(16)10-14/h2-7,14-16H,8-12H2,1H3,(H,20,22)(H,21,23)/t14-,15+,16-/m1/s1. The second-order valence-corrected chi connectivity index (χ2v) is 6.72. The largest absolute Gasteiger partial charge is 0.356 e. The van der Waals surface area contributed by atoms with Gasteiger partial charge >= 0.3 is 0 Å². The smallest absolute Gasteiger partial charge is 0.233 e. The van der Waals surface area contributed by atoms with Crippen LogP contribution in [-0.4, -0.2) is 18.4 Å². The lowest BCUT2D eigenvalue weighted by Gasteiger charge is -2.18. The molecule has 0 saturated heterocycles. The third kappa shape index (κ3) is 4.01. The van der Waals surface area contributed by atoms with Crippen molar-refractivity contribution in [1.29, 1.82) is 0 Å². The van der Waals surface area contributed by atoms with Gasteiger partial charge in [-0.2, -0.15) is 0 Å². The summed E-state index contributed by atoms with van der Waals surface area (Å²) in [5, 5.41) is 5.66. The molecule has 2 N–H and O–H groups in total. The van der Waals surface area contributed by atoms with E-state index in [2.05, 4.69) is 22.8 Å². The molecule has 1 aromatic rings. The van der Waals surface area contributed by atoms with Gasteiger partial charge in [0.1, 0.15) is 6.42 Å². The minimum atomic E-state index is -0.264. The SMILES string of the molecule is Cc1ccccc1NC(=O)CC(=O)NCC[C@@H]1C[C@@H]2C=C[C@H]1C2. The van der Waals surface area contributed by atoms with E-state index >= 15 is 0 Å². The first-order valence-electron chi connectivity index (χ1n) is 8.42. The zero-order valence-electron chi connectivity index (χ0n) is 13.5. The normalized spacial score (nSPS) is 24.7. The molecule has 3 atom stereocenters. The molecule has 2 aliphatic carbocycles. The van der Waals surface area contributed by atoms with E-state index in [1.807, 2.05) is 31.2 Å². The van der Waals surface area contributed by atoms with Crippen molar-refractivity contribution in [2.45, 2.75) is 32.6 Å². The number of aryl methyl sites for hydroxylation is 1. The molecule has 3 rings (SSSR count). The predicted octanol–water partition coefficient (Wildman–Crippen LogP) is 3.04. The van der Waals surface area contributed by atoms with Crippen molar-refractivity contribution in [2.75, 3.05) is 11.9 Å². The zero-order valence-corrected chi connectivity index (χ0v) is 13.5. The molecule has 0 unspecified atom stereocenters. The lowest BCUT2D eigenvalue weighted by molar-refractivity contribution is -0.126. The van der Waals surface area contributed by atoms with Gasteiger partial charge in [-0.1, -0.05) is 30.4 Å². The molecule has 1 aromatic carbocycles. The van der Waals surface area contributed by atoms with E-state index < -0.39 is 0 Å². The van der Waals surface area contributed by atoms with Gasteiger partial charge in [0.2, 0.25) is 11.8 Å². The van der Waals surface area contributed by atoms with Gasteiger partial charge < -0.3 is 10.6 Å². The number of benzene rings is 1. The van der Waals surface area contributed by atoms with Gasteiger partial charge in [-0.25, -0.2) is 0 Å². The van der Waals surface area contributed by atoms with Crippen LogP contribution in [0.3, 0.4) is 0 Å². The second-order valence-electron chi connectivity index (χ2n) is 6.72. The maximum Gasteiger partial charge on any atom is 0.233 e. The van der Waals surface area contributed by atoms with Crippen LogP contribution in [0.2, 0.25) is 0 Å². The summed E-state index contributed by atoms with van der Waals surface area (Å²) in [5.74, 6) is 1.71. The topological polar surface area (TPSA) is 58.2 Å². The number of para-hydroxylation sites is 1. The van der Waals surface area contributed by atoms with Crippen molar-refractivity contribution in [3.05, 3.63) is 42.0 Å². The highest BCUT2D eigenvalue weighted by atomic mass is 16.2. The highest BCUT2D eigenvalue weighted by Crippen LogP contribution is 2.44. The molecule has 0 spiro atoms. The van der Waals surface area contributed by atoms with Crippen LogP contribution in [0.5, 0.6) is 0 Å². The minimum Gasteiger partial charge on any atom is -0.356 e. The molecule has 0 radical (unpaired) electrons. The molecule has 4 nitrogen and oxygen atoms in total. The molecule has 122 valence electrons. The van der Waals surface area contributed by atoms with Crippen LogP contribution in [0.4, 0.5) is 5.69 Å². The van der Waals surface area contributed by atoms with Crippen molar-refractivity contribution in [2.24, 2.45) is 17.8 Å². The summed E-state index contributed by atoms with van der Waals surface area (Å²) in [6.07, 6.45) is 8.09. The molecule has 1 saturated carbocycles. The lowest BCUT2D eigenvalue weighted by Crippen LogP contribution is -2.30. The average molecular weight is 312 g/mol. The Labute approximate surface area is 137 Å². The van der Waals surface area contributed by atoms with E-state index in [4.69, 9.17) is 0 Å². The van der Waals surface area contributed by atoms with Crippen LogP contribution in [0.25, 0.3) is 0 Å². The lowest BCUT2D eigenvalue weighted by atomic mass is 9.91. The average Bonchev–Trinajstić information content (AvgIpc) is 3.12. The fourth-order valence-corrected chi connectivity index (χ4v) is 3.74. The van der Waals surface area contributed by atoms with Crippen LogP contribution in [0.15, 0.2) is 36.4 Å². The summed E-state index contributed by atoms with van der Waals surface area (Å²) in [7, 11) is 0. The van der Waals surface area contributed by atoms with Gasteiger partial charge in [0.25, 0.3) is 0 Å². The number of amides is 2. The van der Waals surface area contributed by atoms with E-state index in [-0.39, 0.29) is 18.2 Å². The highest BCUT2D eigenvalue weighted by Gasteiger charge is 2.34. The Kier molecular flexibility index (Phi) is 4.79. The number of carbonyl (C=O) groups excluding carboxylic acids is 2. The van der Waals surface area contributed by atoms with Gasteiger partial charge in [0, 0.05) is 12.2 Å². The van der Waals surface area contributed by atoms with Crippen LogP contribution < -0.4 is 10.6 Å². The van der Waals surface area contributed by atoms with Gasteiger partial charge in [-0.3, -0.25) is 9.59 Å². The molecular weight excluding hydrogens is 288 g/mol. The van der Waals surface area contributed by atoms with Crippen LogP contribution >= 0.6 is 0 Å². The third-order valence-corrected chi connectivity index (χ3v) is 4.99. The molecule has 0 aliphatic heterocycles. The summed E-state index contributed by atoms with van der Waals surface area (Å²) < 4.78 is 0. The van der Waals surface area contributed by atoms with Gasteiger partial charge in [-0.05, 0) is 55.6 Å². The Morgan fingerprint density at radius 2 is 1.96 bits per heavy atom. The summed E-state index contributed by atoms with van der Waals surface area (Å²) >= 11 is 0. The number of anilines is 1. The second kappa shape index (κ2) is 6.99. The number of nitrogens with one attached hydrogen (secondary N) is 2. The Bertz CT molecular complexity index is 624. The fraction of sp³-hybridized carbons (Fsp3) is 0.474. The van der Waals surface area contributed by atoms with Crippen molar-refractivity contribution in [3.8, 4) is 0 Å². The molecule has 2 aliphatic rings. The van der Waals surface area contributed by atoms with Crippen molar-refractivity contribution in [3.63, 3.8) is 0 Å². The summed E-state index contributed by atoms with van der Waals surface area (Å²) in [5.41, 5.74) is 1.75. The first-order chi connectivity index (χ1) is 11.1. The van der Waals surface area contributed by atoms with E-state index in [1.54, 1.807) is 0 Å². The van der Waals surface area contributed by atoms with Crippen molar-refractivity contribution >= 4 is 17.5 Å². The highest BCUT2D eigenvalue weighted by molar-refractivity contribution is 6.03. The Morgan fingerprint density at radius 3 is 2.65 bits per heavy atom. The molecule has 0 aromatic heterocycles. The van der Waals surface area contributed by atoms with E-state index in [9.17, 15) is 9.59 Å². The van der Waals surface area contributed by atoms with Gasteiger partial charge in [-0.15, -0.1) is 0 Å². The van der Waals surface area contributed by atoms with Crippen LogP contribution in [-0.2, 0) is 9.59 Å². The monoisotopic (exact) mass is 312 g/mol. The molecule has 1 fully saturated rings. The third-order valence-electron chi connectivity index (χ3n) is 4.99. The Hall–Kier alpha value is -2.10. The predicted molar refractivity (Wildman–Crippen MR) is 90.9 cm³/mol. The Morgan fingerprint density at radius 1 is 1.13 bits per heavy atom. The number of allylic oxidation sites excluding steroid dienone is 2. The summed E-state index contributed by atoms with van der Waals surface area (Å²) in [4.78, 5) is 23.8. The molecule has 4 heteroatoms. The maximum absolute atomic E-state index is 11.9. The quantitative estimate of drug-likeness (QED) is 0.626. The van der Waals surface area contributed by atoms with Gasteiger partial charge in [0.15, 0.2) is 0 Å². The number of fused-ring (bicyclic) bond motifs is 2. The summed E-state index contributed by atoms with van der Waals surface area (Å²) in [6.45, 7) is 2.59. The number of carbonyl (C=O) groups is 2. The van der Waals surface area contributed by atoms with E-state index in [0.29, 0.717) is 18.4 Å².